The van der Waals surface area contributed by atoms with Crippen molar-refractivity contribution >= 4 is 5.78 Å². The summed E-state index contributed by atoms with van der Waals surface area (Å²) in [5.74, 6) is 2.67. The molecule has 4 unspecified atom stereocenters. The second-order valence-corrected chi connectivity index (χ2v) is 5.85. The first-order valence-electron chi connectivity index (χ1n) is 6.98. The van der Waals surface area contributed by atoms with E-state index in [9.17, 15) is 4.79 Å². The smallest absolute Gasteiger partial charge is 0.149 e. The number of ketones is 1. The predicted molar refractivity (Wildman–Crippen MR) is 67.6 cm³/mol. The summed E-state index contributed by atoms with van der Waals surface area (Å²) in [5.41, 5.74) is 5.93. The first-order chi connectivity index (χ1) is 8.20. The summed E-state index contributed by atoms with van der Waals surface area (Å²) in [4.78, 5) is 12.0. The Labute approximate surface area is 104 Å². The van der Waals surface area contributed by atoms with Crippen LogP contribution in [0, 0.1) is 17.8 Å². The van der Waals surface area contributed by atoms with E-state index in [1.807, 2.05) is 0 Å². The van der Waals surface area contributed by atoms with E-state index in [4.69, 9.17) is 10.5 Å². The number of hydrogen-bond donors (Lipinski definition) is 1. The molecular formula is C14H25NO2. The molecule has 2 aliphatic rings. The van der Waals surface area contributed by atoms with Crippen LogP contribution in [0.1, 0.15) is 44.9 Å². The molecule has 0 saturated heterocycles. The van der Waals surface area contributed by atoms with Gasteiger partial charge in [-0.1, -0.05) is 6.42 Å². The van der Waals surface area contributed by atoms with Crippen molar-refractivity contribution in [3.8, 4) is 0 Å². The van der Waals surface area contributed by atoms with Crippen LogP contribution < -0.4 is 5.73 Å². The van der Waals surface area contributed by atoms with Gasteiger partial charge in [0, 0.05) is 20.1 Å². The Kier molecular flexibility index (Phi) is 4.57. The molecule has 0 amide bonds. The summed E-state index contributed by atoms with van der Waals surface area (Å²) in [6, 6.07) is -0.260. The average Bonchev–Trinajstić information content (AvgIpc) is 2.91. The highest BCUT2D eigenvalue weighted by Gasteiger charge is 2.40. The van der Waals surface area contributed by atoms with Crippen LogP contribution in [0.3, 0.4) is 0 Å². The van der Waals surface area contributed by atoms with Crippen molar-refractivity contribution in [1.82, 2.24) is 0 Å². The Morgan fingerprint density at radius 2 is 2.24 bits per heavy atom. The number of ether oxygens (including phenoxy) is 1. The van der Waals surface area contributed by atoms with E-state index in [1.54, 1.807) is 7.11 Å². The third-order valence-electron chi connectivity index (χ3n) is 4.63. The topological polar surface area (TPSA) is 52.3 Å². The molecule has 0 radical (unpaired) electrons. The van der Waals surface area contributed by atoms with Gasteiger partial charge in [0.2, 0.25) is 0 Å². The van der Waals surface area contributed by atoms with Crippen molar-refractivity contribution in [3.63, 3.8) is 0 Å². The largest absolute Gasteiger partial charge is 0.385 e. The molecule has 0 aromatic carbocycles. The van der Waals surface area contributed by atoms with E-state index < -0.39 is 0 Å². The maximum atomic E-state index is 12.0. The van der Waals surface area contributed by atoms with E-state index in [0.717, 1.165) is 31.1 Å². The first kappa shape index (κ1) is 13.0. The number of Topliss-reactive ketones (excluding diaryl/α,β-unsaturated/α-hetero) is 1. The Balaban J connectivity index is 1.69. The second-order valence-electron chi connectivity index (χ2n) is 5.85. The van der Waals surface area contributed by atoms with Crippen molar-refractivity contribution in [3.05, 3.63) is 0 Å². The molecule has 17 heavy (non-hydrogen) atoms. The van der Waals surface area contributed by atoms with Crippen LogP contribution in [-0.4, -0.2) is 25.5 Å². The van der Waals surface area contributed by atoms with Gasteiger partial charge in [0.05, 0.1) is 6.04 Å². The van der Waals surface area contributed by atoms with Crippen LogP contribution in [0.15, 0.2) is 0 Å². The summed E-state index contributed by atoms with van der Waals surface area (Å²) in [5, 5.41) is 0. The number of hydrogen-bond acceptors (Lipinski definition) is 3. The molecule has 2 saturated carbocycles. The molecule has 0 aromatic heterocycles. The minimum Gasteiger partial charge on any atom is -0.385 e. The van der Waals surface area contributed by atoms with Gasteiger partial charge in [-0.2, -0.15) is 0 Å². The monoisotopic (exact) mass is 239 g/mol. The molecule has 2 fully saturated rings. The molecule has 0 aromatic rings. The zero-order chi connectivity index (χ0) is 12.3. The van der Waals surface area contributed by atoms with Gasteiger partial charge in [-0.3, -0.25) is 4.79 Å². The molecule has 2 rings (SSSR count). The molecule has 2 N–H and O–H groups in total. The van der Waals surface area contributed by atoms with Crippen molar-refractivity contribution in [2.24, 2.45) is 23.5 Å². The molecule has 0 aliphatic heterocycles. The lowest BCUT2D eigenvalue weighted by Crippen LogP contribution is -2.33. The van der Waals surface area contributed by atoms with Crippen LogP contribution in [0.5, 0.6) is 0 Å². The van der Waals surface area contributed by atoms with Crippen LogP contribution >= 0.6 is 0 Å². The van der Waals surface area contributed by atoms with E-state index in [1.165, 1.54) is 25.7 Å². The van der Waals surface area contributed by atoms with E-state index in [0.29, 0.717) is 12.5 Å². The highest BCUT2D eigenvalue weighted by Crippen LogP contribution is 2.49. The summed E-state index contributed by atoms with van der Waals surface area (Å²) in [7, 11) is 1.68. The van der Waals surface area contributed by atoms with Crippen LogP contribution in [-0.2, 0) is 9.53 Å². The van der Waals surface area contributed by atoms with E-state index in [2.05, 4.69) is 0 Å². The Bertz CT molecular complexity index is 267. The summed E-state index contributed by atoms with van der Waals surface area (Å²) in [6.45, 7) is 0.703. The Hall–Kier alpha value is -0.410. The fourth-order valence-electron chi connectivity index (χ4n) is 3.64. The third-order valence-corrected chi connectivity index (χ3v) is 4.63. The van der Waals surface area contributed by atoms with Gasteiger partial charge < -0.3 is 10.5 Å². The molecule has 2 bridgehead atoms. The third kappa shape index (κ3) is 3.29. The predicted octanol–water partition coefficient (Wildman–Crippen LogP) is 2.14. The molecule has 0 spiro atoms. The molecule has 2 aliphatic carbocycles. The van der Waals surface area contributed by atoms with Crippen molar-refractivity contribution in [1.29, 1.82) is 0 Å². The standard InChI is InChI=1S/C14H25NO2/c1-17-6-2-3-13(15)14(16)9-12-8-10-4-5-11(12)7-10/h10-13H,2-9,15H2,1H3. The summed E-state index contributed by atoms with van der Waals surface area (Å²) >= 11 is 0. The van der Waals surface area contributed by atoms with Gasteiger partial charge in [-0.25, -0.2) is 0 Å². The van der Waals surface area contributed by atoms with E-state index in [-0.39, 0.29) is 11.8 Å². The molecule has 3 heteroatoms. The molecular weight excluding hydrogens is 214 g/mol. The van der Waals surface area contributed by atoms with Gasteiger partial charge >= 0.3 is 0 Å². The van der Waals surface area contributed by atoms with Crippen LogP contribution in [0.4, 0.5) is 0 Å². The number of carbonyl (C=O) groups is 1. The fraction of sp³-hybridized carbons (Fsp3) is 0.929. The lowest BCUT2D eigenvalue weighted by Gasteiger charge is -2.22. The minimum absolute atomic E-state index is 0.260. The SMILES string of the molecule is COCCCC(N)C(=O)CC1CC2CCC1C2. The van der Waals surface area contributed by atoms with E-state index >= 15 is 0 Å². The zero-order valence-electron chi connectivity index (χ0n) is 10.9. The number of methoxy groups -OCH3 is 1. The number of carbonyl (C=O) groups excluding carboxylic acids is 1. The van der Waals surface area contributed by atoms with Gasteiger partial charge in [-0.05, 0) is 49.9 Å². The molecule has 3 nitrogen and oxygen atoms in total. The molecule has 0 heterocycles. The van der Waals surface area contributed by atoms with Gasteiger partial charge in [0.15, 0.2) is 0 Å². The first-order valence-corrected chi connectivity index (χ1v) is 6.98. The van der Waals surface area contributed by atoms with Crippen molar-refractivity contribution < 1.29 is 9.53 Å². The Morgan fingerprint density at radius 3 is 2.82 bits per heavy atom. The van der Waals surface area contributed by atoms with Crippen molar-refractivity contribution in [2.75, 3.05) is 13.7 Å². The average molecular weight is 239 g/mol. The number of nitrogens with two attached hydrogens (primary N) is 1. The Morgan fingerprint density at radius 1 is 1.41 bits per heavy atom. The minimum atomic E-state index is -0.260. The second kappa shape index (κ2) is 5.96. The number of rotatable bonds is 7. The lowest BCUT2D eigenvalue weighted by molar-refractivity contribution is -0.121. The van der Waals surface area contributed by atoms with Crippen LogP contribution in [0.25, 0.3) is 0 Å². The molecule has 4 atom stereocenters. The van der Waals surface area contributed by atoms with Gasteiger partial charge in [0.25, 0.3) is 0 Å². The maximum absolute atomic E-state index is 12.0. The van der Waals surface area contributed by atoms with Crippen molar-refractivity contribution in [2.45, 2.75) is 51.0 Å². The quantitative estimate of drug-likeness (QED) is 0.692. The highest BCUT2D eigenvalue weighted by atomic mass is 16.5. The number of fused-ring (bicyclic) bond motifs is 2. The van der Waals surface area contributed by atoms with Gasteiger partial charge in [-0.15, -0.1) is 0 Å². The summed E-state index contributed by atoms with van der Waals surface area (Å²) in [6.07, 6.45) is 7.79. The normalized spacial score (nSPS) is 32.9. The maximum Gasteiger partial charge on any atom is 0.149 e. The zero-order valence-corrected chi connectivity index (χ0v) is 10.9. The molecule has 98 valence electrons. The fourth-order valence-corrected chi connectivity index (χ4v) is 3.64. The van der Waals surface area contributed by atoms with Gasteiger partial charge in [0.1, 0.15) is 5.78 Å². The lowest BCUT2D eigenvalue weighted by atomic mass is 9.84. The van der Waals surface area contributed by atoms with Crippen LogP contribution in [0.2, 0.25) is 0 Å². The highest BCUT2D eigenvalue weighted by molar-refractivity contribution is 5.84. The summed E-state index contributed by atoms with van der Waals surface area (Å²) < 4.78 is 4.98.